The maximum Gasteiger partial charge on any atom is 0.221 e. The monoisotopic (exact) mass is 265 g/mol. The summed E-state index contributed by atoms with van der Waals surface area (Å²) < 4.78 is 0. The number of hydrogen-bond donors (Lipinski definition) is 1. The molecule has 1 aliphatic heterocycles. The number of carbonyl (C=O) groups is 1. The van der Waals surface area contributed by atoms with Crippen molar-refractivity contribution in [2.75, 3.05) is 0 Å². The molecule has 1 fully saturated rings. The van der Waals surface area contributed by atoms with Gasteiger partial charge in [-0.3, -0.25) is 4.79 Å². The Morgan fingerprint density at radius 1 is 1.05 bits per heavy atom. The average molecular weight is 265 g/mol. The lowest BCUT2D eigenvalue weighted by molar-refractivity contribution is -0.119. The lowest BCUT2D eigenvalue weighted by atomic mass is 9.85. The van der Waals surface area contributed by atoms with Crippen LogP contribution in [0.25, 0.3) is 0 Å². The Kier molecular flexibility index (Phi) is 3.31. The summed E-state index contributed by atoms with van der Waals surface area (Å²) in [5.41, 5.74) is 4.98. The van der Waals surface area contributed by atoms with Crippen molar-refractivity contribution in [3.8, 4) is 0 Å². The molecule has 0 aliphatic carbocycles. The number of benzene rings is 2. The fraction of sp³-hybridized carbons (Fsp3) is 0.278. The minimum atomic E-state index is 0.0872. The molecule has 2 unspecified atom stereocenters. The number of hydrogen-bond acceptors (Lipinski definition) is 1. The Morgan fingerprint density at radius 3 is 2.55 bits per heavy atom. The van der Waals surface area contributed by atoms with E-state index in [-0.39, 0.29) is 17.9 Å². The van der Waals surface area contributed by atoms with Crippen LogP contribution in [0.2, 0.25) is 0 Å². The third-order valence-corrected chi connectivity index (χ3v) is 4.12. The molecule has 102 valence electrons. The maximum atomic E-state index is 11.9. The Labute approximate surface area is 119 Å². The zero-order valence-electron chi connectivity index (χ0n) is 11.9. The summed E-state index contributed by atoms with van der Waals surface area (Å²) in [5.74, 6) is 0.370. The van der Waals surface area contributed by atoms with Gasteiger partial charge >= 0.3 is 0 Å². The summed E-state index contributed by atoms with van der Waals surface area (Å²) in [7, 11) is 0. The van der Waals surface area contributed by atoms with Crippen molar-refractivity contribution in [1.29, 1.82) is 0 Å². The fourth-order valence-corrected chi connectivity index (χ4v) is 3.08. The zero-order valence-corrected chi connectivity index (χ0v) is 11.9. The predicted molar refractivity (Wildman–Crippen MR) is 80.6 cm³/mol. The van der Waals surface area contributed by atoms with E-state index in [1.807, 2.05) is 18.2 Å². The summed E-state index contributed by atoms with van der Waals surface area (Å²) in [4.78, 5) is 11.9. The van der Waals surface area contributed by atoms with Gasteiger partial charge in [0, 0.05) is 12.3 Å². The molecule has 0 spiro atoms. The highest BCUT2D eigenvalue weighted by atomic mass is 16.2. The van der Waals surface area contributed by atoms with Gasteiger partial charge in [-0.15, -0.1) is 0 Å². The van der Waals surface area contributed by atoms with Crippen molar-refractivity contribution in [3.63, 3.8) is 0 Å². The summed E-state index contributed by atoms with van der Waals surface area (Å²) >= 11 is 0. The summed E-state index contributed by atoms with van der Waals surface area (Å²) in [6.07, 6.45) is 0.573. The van der Waals surface area contributed by atoms with E-state index in [1.165, 1.54) is 22.3 Å². The Bertz CT molecular complexity index is 633. The highest BCUT2D eigenvalue weighted by Crippen LogP contribution is 2.39. The molecule has 2 heteroatoms. The van der Waals surface area contributed by atoms with E-state index < -0.39 is 0 Å². The maximum absolute atomic E-state index is 11.9. The third-order valence-electron chi connectivity index (χ3n) is 4.12. The quantitative estimate of drug-likeness (QED) is 0.882. The van der Waals surface area contributed by atoms with Gasteiger partial charge < -0.3 is 5.32 Å². The van der Waals surface area contributed by atoms with E-state index >= 15 is 0 Å². The smallest absolute Gasteiger partial charge is 0.221 e. The van der Waals surface area contributed by atoms with Crippen LogP contribution in [0.4, 0.5) is 0 Å². The highest BCUT2D eigenvalue weighted by Gasteiger charge is 2.35. The molecule has 2 atom stereocenters. The van der Waals surface area contributed by atoms with Crippen LogP contribution in [-0.2, 0) is 4.79 Å². The minimum Gasteiger partial charge on any atom is -0.349 e. The number of carbonyl (C=O) groups excluding carboxylic acids is 1. The normalized spacial score (nSPS) is 21.8. The van der Waals surface area contributed by atoms with Gasteiger partial charge in [-0.1, -0.05) is 54.1 Å². The summed E-state index contributed by atoms with van der Waals surface area (Å²) in [5, 5.41) is 3.13. The molecule has 0 aromatic heterocycles. The largest absolute Gasteiger partial charge is 0.349 e. The van der Waals surface area contributed by atoms with Gasteiger partial charge in [0.2, 0.25) is 5.91 Å². The van der Waals surface area contributed by atoms with Gasteiger partial charge in [-0.2, -0.15) is 0 Å². The van der Waals surface area contributed by atoms with Crippen LogP contribution in [0.15, 0.2) is 48.5 Å². The minimum absolute atomic E-state index is 0.0872. The summed E-state index contributed by atoms with van der Waals surface area (Å²) in [6.45, 7) is 4.23. The fourth-order valence-electron chi connectivity index (χ4n) is 3.08. The van der Waals surface area contributed by atoms with Crippen LogP contribution >= 0.6 is 0 Å². The van der Waals surface area contributed by atoms with Crippen molar-refractivity contribution in [2.45, 2.75) is 32.2 Å². The van der Waals surface area contributed by atoms with Crippen molar-refractivity contribution in [2.24, 2.45) is 0 Å². The molecule has 20 heavy (non-hydrogen) atoms. The average Bonchev–Trinajstić information content (AvgIpc) is 2.84. The zero-order chi connectivity index (χ0) is 14.1. The first-order valence-electron chi connectivity index (χ1n) is 7.06. The van der Waals surface area contributed by atoms with Gasteiger partial charge in [0.1, 0.15) is 0 Å². The van der Waals surface area contributed by atoms with Gasteiger partial charge in [-0.25, -0.2) is 0 Å². The van der Waals surface area contributed by atoms with E-state index in [9.17, 15) is 4.79 Å². The molecule has 2 nitrogen and oxygen atoms in total. The first kappa shape index (κ1) is 12.9. The molecule has 1 saturated heterocycles. The van der Waals surface area contributed by atoms with E-state index in [1.54, 1.807) is 0 Å². The SMILES string of the molecule is Cc1ccc(C)c(C2CC(=O)NC2c2ccccc2)c1. The number of nitrogens with one attached hydrogen (secondary N) is 1. The van der Waals surface area contributed by atoms with E-state index in [0.717, 1.165) is 0 Å². The van der Waals surface area contributed by atoms with Crippen molar-refractivity contribution < 1.29 is 4.79 Å². The van der Waals surface area contributed by atoms with Gasteiger partial charge in [0.15, 0.2) is 0 Å². The molecule has 1 amide bonds. The molecule has 1 N–H and O–H groups in total. The molecule has 1 aliphatic rings. The molecule has 3 rings (SSSR count). The van der Waals surface area contributed by atoms with Crippen molar-refractivity contribution in [3.05, 3.63) is 70.8 Å². The van der Waals surface area contributed by atoms with Gasteiger partial charge in [0.25, 0.3) is 0 Å². The molecule has 1 heterocycles. The second-order valence-corrected chi connectivity index (χ2v) is 5.63. The Hall–Kier alpha value is -2.09. The number of amides is 1. The molecule has 2 aromatic carbocycles. The van der Waals surface area contributed by atoms with Crippen molar-refractivity contribution in [1.82, 2.24) is 5.32 Å². The molecular formula is C18H19NO. The first-order chi connectivity index (χ1) is 9.65. The van der Waals surface area contributed by atoms with E-state index in [4.69, 9.17) is 0 Å². The lowest BCUT2D eigenvalue weighted by Crippen LogP contribution is -2.20. The number of rotatable bonds is 2. The second kappa shape index (κ2) is 5.12. The van der Waals surface area contributed by atoms with Crippen LogP contribution in [0.1, 0.15) is 40.6 Å². The molecule has 0 saturated carbocycles. The molecule has 0 radical (unpaired) electrons. The lowest BCUT2D eigenvalue weighted by Gasteiger charge is -2.21. The predicted octanol–water partition coefficient (Wildman–Crippen LogP) is 3.65. The topological polar surface area (TPSA) is 29.1 Å². The Morgan fingerprint density at radius 2 is 1.80 bits per heavy atom. The van der Waals surface area contributed by atoms with Crippen LogP contribution < -0.4 is 5.32 Å². The van der Waals surface area contributed by atoms with Gasteiger partial charge in [0.05, 0.1) is 6.04 Å². The van der Waals surface area contributed by atoms with Crippen LogP contribution in [0.5, 0.6) is 0 Å². The first-order valence-corrected chi connectivity index (χ1v) is 7.06. The molecule has 0 bridgehead atoms. The molecular weight excluding hydrogens is 246 g/mol. The standard InChI is InChI=1S/C18H19NO/c1-12-8-9-13(2)15(10-12)16-11-17(20)19-18(16)14-6-4-3-5-7-14/h3-10,16,18H,11H2,1-2H3,(H,19,20). The van der Waals surface area contributed by atoms with Crippen LogP contribution in [0, 0.1) is 13.8 Å². The Balaban J connectivity index is 2.02. The van der Waals surface area contributed by atoms with Gasteiger partial charge in [-0.05, 0) is 30.5 Å². The molecule has 2 aromatic rings. The highest BCUT2D eigenvalue weighted by molar-refractivity contribution is 5.80. The second-order valence-electron chi connectivity index (χ2n) is 5.63. The number of aryl methyl sites for hydroxylation is 2. The summed E-state index contributed by atoms with van der Waals surface area (Å²) in [6, 6.07) is 16.8. The van der Waals surface area contributed by atoms with E-state index in [0.29, 0.717) is 6.42 Å². The van der Waals surface area contributed by atoms with Crippen LogP contribution in [-0.4, -0.2) is 5.91 Å². The van der Waals surface area contributed by atoms with Crippen molar-refractivity contribution >= 4 is 5.91 Å². The van der Waals surface area contributed by atoms with E-state index in [2.05, 4.69) is 49.5 Å². The van der Waals surface area contributed by atoms with Crippen LogP contribution in [0.3, 0.4) is 0 Å². The third kappa shape index (κ3) is 2.34.